The van der Waals surface area contributed by atoms with E-state index in [0.717, 1.165) is 22.9 Å². The summed E-state index contributed by atoms with van der Waals surface area (Å²) in [6, 6.07) is 10.2. The van der Waals surface area contributed by atoms with E-state index < -0.39 is 0 Å². The Labute approximate surface area is 137 Å². The van der Waals surface area contributed by atoms with E-state index in [4.69, 9.17) is 11.6 Å². The minimum absolute atomic E-state index is 0.0109. The van der Waals surface area contributed by atoms with Gasteiger partial charge in [-0.3, -0.25) is 4.79 Å². The van der Waals surface area contributed by atoms with E-state index in [2.05, 4.69) is 15.9 Å². The predicted octanol–water partition coefficient (Wildman–Crippen LogP) is 4.51. The van der Waals surface area contributed by atoms with Crippen LogP contribution in [-0.2, 0) is 6.54 Å². The van der Waals surface area contributed by atoms with E-state index >= 15 is 0 Å². The normalized spacial score (nSPS) is 14.2. The summed E-state index contributed by atoms with van der Waals surface area (Å²) >= 11 is 9.48. The van der Waals surface area contributed by atoms with Gasteiger partial charge in [0.1, 0.15) is 5.69 Å². The van der Waals surface area contributed by atoms with Crippen molar-refractivity contribution in [2.24, 2.45) is 0 Å². The molecule has 0 atom stereocenters. The molecular weight excluding hydrogens is 352 g/mol. The molecule has 2 aromatic rings. The highest BCUT2D eigenvalue weighted by Gasteiger charge is 2.28. The minimum Gasteiger partial charge on any atom is -0.339 e. The number of nitrogens with zero attached hydrogens (tertiary/aromatic N) is 2. The Bertz CT molecular complexity index is 661. The van der Waals surface area contributed by atoms with Gasteiger partial charge in [0.25, 0.3) is 5.91 Å². The van der Waals surface area contributed by atoms with Crippen LogP contribution in [0.2, 0.25) is 5.02 Å². The molecule has 1 amide bonds. The molecule has 1 aliphatic rings. The molecule has 5 heteroatoms. The molecule has 1 aromatic heterocycles. The Morgan fingerprint density at radius 3 is 2.67 bits per heavy atom. The van der Waals surface area contributed by atoms with Gasteiger partial charge < -0.3 is 9.47 Å². The number of benzene rings is 1. The molecule has 1 saturated carbocycles. The molecule has 0 radical (unpaired) electrons. The van der Waals surface area contributed by atoms with Crippen molar-refractivity contribution in [2.75, 3.05) is 7.05 Å². The number of hydrogen-bond donors (Lipinski definition) is 0. The summed E-state index contributed by atoms with van der Waals surface area (Å²) < 4.78 is 3.05. The van der Waals surface area contributed by atoms with Gasteiger partial charge in [-0.25, -0.2) is 0 Å². The summed E-state index contributed by atoms with van der Waals surface area (Å²) in [7, 11) is 1.82. The lowest BCUT2D eigenvalue weighted by Gasteiger charge is -2.18. The lowest BCUT2D eigenvalue weighted by atomic mass is 10.2. The highest BCUT2D eigenvalue weighted by Crippen LogP contribution is 2.37. The Kier molecular flexibility index (Phi) is 4.09. The first-order valence-electron chi connectivity index (χ1n) is 6.92. The van der Waals surface area contributed by atoms with E-state index in [9.17, 15) is 4.79 Å². The van der Waals surface area contributed by atoms with E-state index in [-0.39, 0.29) is 5.91 Å². The number of aromatic nitrogens is 1. The van der Waals surface area contributed by atoms with Crippen LogP contribution in [0.5, 0.6) is 0 Å². The van der Waals surface area contributed by atoms with Crippen LogP contribution in [0.15, 0.2) is 41.0 Å². The number of amides is 1. The van der Waals surface area contributed by atoms with Crippen LogP contribution in [0.4, 0.5) is 0 Å². The fourth-order valence-corrected chi connectivity index (χ4v) is 2.88. The molecule has 0 saturated heterocycles. The fourth-order valence-electron chi connectivity index (χ4n) is 2.40. The number of halogens is 2. The van der Waals surface area contributed by atoms with Crippen molar-refractivity contribution in [1.29, 1.82) is 0 Å². The summed E-state index contributed by atoms with van der Waals surface area (Å²) in [6.07, 6.45) is 4.11. The van der Waals surface area contributed by atoms with Gasteiger partial charge in [0, 0.05) is 30.3 Å². The largest absolute Gasteiger partial charge is 0.339 e. The topological polar surface area (TPSA) is 25.2 Å². The van der Waals surface area contributed by atoms with Gasteiger partial charge in [0.15, 0.2) is 0 Å². The molecular formula is C16H16BrClN2O. The van der Waals surface area contributed by atoms with Crippen LogP contribution in [-0.4, -0.2) is 22.4 Å². The molecule has 110 valence electrons. The van der Waals surface area contributed by atoms with Crippen LogP contribution >= 0.6 is 27.5 Å². The molecule has 0 bridgehead atoms. The number of hydrogen-bond acceptors (Lipinski definition) is 1. The molecule has 0 aliphatic heterocycles. The summed E-state index contributed by atoms with van der Waals surface area (Å²) in [5.74, 6) is 0.0109. The van der Waals surface area contributed by atoms with Gasteiger partial charge in [-0.15, -0.1) is 0 Å². The maximum Gasteiger partial charge on any atom is 0.270 e. The first-order chi connectivity index (χ1) is 10.0. The Morgan fingerprint density at radius 2 is 2.05 bits per heavy atom. The maximum absolute atomic E-state index is 12.6. The smallest absolute Gasteiger partial charge is 0.270 e. The lowest BCUT2D eigenvalue weighted by Crippen LogP contribution is -2.28. The molecule has 1 heterocycles. The highest BCUT2D eigenvalue weighted by molar-refractivity contribution is 9.10. The minimum atomic E-state index is 0.0109. The number of carbonyl (C=O) groups is 1. The molecule has 1 aliphatic carbocycles. The van der Waals surface area contributed by atoms with Crippen LogP contribution in [0.3, 0.4) is 0 Å². The maximum atomic E-state index is 12.6. The summed E-state index contributed by atoms with van der Waals surface area (Å²) in [5, 5.41) is 0.627. The third kappa shape index (κ3) is 3.33. The summed E-state index contributed by atoms with van der Waals surface area (Å²) in [6.45, 7) is 0.583. The third-order valence-corrected chi connectivity index (χ3v) is 4.39. The van der Waals surface area contributed by atoms with Crippen molar-refractivity contribution < 1.29 is 4.79 Å². The van der Waals surface area contributed by atoms with Gasteiger partial charge in [-0.1, -0.05) is 39.7 Å². The number of rotatable bonds is 4. The fraction of sp³-hybridized carbons (Fsp3) is 0.312. The highest BCUT2D eigenvalue weighted by atomic mass is 79.9. The summed E-state index contributed by atoms with van der Waals surface area (Å²) in [5.41, 5.74) is 1.78. The van der Waals surface area contributed by atoms with E-state index in [0.29, 0.717) is 23.3 Å². The van der Waals surface area contributed by atoms with Crippen molar-refractivity contribution >= 4 is 33.4 Å². The van der Waals surface area contributed by atoms with Gasteiger partial charge >= 0.3 is 0 Å². The van der Waals surface area contributed by atoms with Crippen molar-refractivity contribution in [3.63, 3.8) is 0 Å². The van der Waals surface area contributed by atoms with Gasteiger partial charge in [-0.2, -0.15) is 0 Å². The van der Waals surface area contributed by atoms with E-state index in [1.807, 2.05) is 42.1 Å². The third-order valence-electron chi connectivity index (χ3n) is 3.65. The predicted molar refractivity (Wildman–Crippen MR) is 87.7 cm³/mol. The van der Waals surface area contributed by atoms with Crippen LogP contribution in [0, 0.1) is 0 Å². The standard InChI is InChI=1S/C16H16BrClN2O/c1-19(9-11-2-4-12(17)5-3-11)16(21)15-8-13(18)10-20(15)14-6-7-14/h2-5,8,10,14H,6-7,9H2,1H3. The lowest BCUT2D eigenvalue weighted by molar-refractivity contribution is 0.0774. The molecule has 0 N–H and O–H groups in total. The Balaban J connectivity index is 1.76. The monoisotopic (exact) mass is 366 g/mol. The van der Waals surface area contributed by atoms with Crippen LogP contribution < -0.4 is 0 Å². The molecule has 1 fully saturated rings. The zero-order valence-electron chi connectivity index (χ0n) is 11.7. The van der Waals surface area contributed by atoms with Crippen molar-refractivity contribution in [3.05, 3.63) is 57.3 Å². The zero-order valence-corrected chi connectivity index (χ0v) is 14.1. The van der Waals surface area contributed by atoms with Crippen LogP contribution in [0.25, 0.3) is 0 Å². The van der Waals surface area contributed by atoms with Crippen LogP contribution in [0.1, 0.15) is 34.9 Å². The van der Waals surface area contributed by atoms with Gasteiger partial charge in [0.05, 0.1) is 5.02 Å². The van der Waals surface area contributed by atoms with Crippen molar-refractivity contribution in [2.45, 2.75) is 25.4 Å². The van der Waals surface area contributed by atoms with E-state index in [1.165, 1.54) is 0 Å². The Morgan fingerprint density at radius 1 is 1.38 bits per heavy atom. The quantitative estimate of drug-likeness (QED) is 0.780. The summed E-state index contributed by atoms with van der Waals surface area (Å²) in [4.78, 5) is 14.3. The second-order valence-electron chi connectivity index (χ2n) is 5.47. The molecule has 0 spiro atoms. The molecule has 0 unspecified atom stereocenters. The second-order valence-corrected chi connectivity index (χ2v) is 6.82. The molecule has 1 aromatic carbocycles. The van der Waals surface area contributed by atoms with Gasteiger partial charge in [-0.05, 0) is 36.6 Å². The number of carbonyl (C=O) groups excluding carboxylic acids is 1. The van der Waals surface area contributed by atoms with Crippen molar-refractivity contribution in [3.8, 4) is 0 Å². The average molecular weight is 368 g/mol. The molecule has 3 rings (SSSR count). The zero-order chi connectivity index (χ0) is 15.0. The van der Waals surface area contributed by atoms with E-state index in [1.54, 1.807) is 11.0 Å². The first-order valence-corrected chi connectivity index (χ1v) is 8.09. The average Bonchev–Trinajstić information content (AvgIpc) is 3.23. The molecule has 21 heavy (non-hydrogen) atoms. The SMILES string of the molecule is CN(Cc1ccc(Br)cc1)C(=O)c1cc(Cl)cn1C1CC1. The first kappa shape index (κ1) is 14.7. The second kappa shape index (κ2) is 5.85. The molecule has 3 nitrogen and oxygen atoms in total. The van der Waals surface area contributed by atoms with Crippen molar-refractivity contribution in [1.82, 2.24) is 9.47 Å². The Hall–Kier alpha value is -1.26. The van der Waals surface area contributed by atoms with Gasteiger partial charge in [0.2, 0.25) is 0 Å².